The molecule has 1 aliphatic carbocycles. The molecule has 1 fully saturated rings. The monoisotopic (exact) mass is 258 g/mol. The Morgan fingerprint density at radius 3 is 2.63 bits per heavy atom. The van der Waals surface area contributed by atoms with Crippen molar-refractivity contribution < 1.29 is 9.18 Å². The van der Waals surface area contributed by atoms with Crippen LogP contribution in [0.5, 0.6) is 0 Å². The maximum absolute atomic E-state index is 13.6. The van der Waals surface area contributed by atoms with Gasteiger partial charge in [-0.3, -0.25) is 4.79 Å². The van der Waals surface area contributed by atoms with Crippen molar-refractivity contribution in [3.63, 3.8) is 0 Å². The first kappa shape index (κ1) is 13.7. The van der Waals surface area contributed by atoms with Gasteiger partial charge in [-0.2, -0.15) is 0 Å². The van der Waals surface area contributed by atoms with Crippen molar-refractivity contribution >= 4 is 11.9 Å². The van der Waals surface area contributed by atoms with Gasteiger partial charge in [-0.1, -0.05) is 36.4 Å². The number of halogens is 1. The second kappa shape index (κ2) is 6.46. The molecule has 19 heavy (non-hydrogen) atoms. The van der Waals surface area contributed by atoms with Crippen LogP contribution in [-0.4, -0.2) is 5.78 Å². The molecule has 0 aliphatic heterocycles. The second-order valence-corrected chi connectivity index (χ2v) is 5.09. The molecule has 0 bridgehead atoms. The third-order valence-corrected chi connectivity index (χ3v) is 3.62. The molecule has 0 amide bonds. The molecular formula is C17H19FO. The Morgan fingerprint density at radius 2 is 1.95 bits per heavy atom. The van der Waals surface area contributed by atoms with E-state index in [0.29, 0.717) is 30.1 Å². The number of hydrogen-bond donors (Lipinski definition) is 0. The Labute approximate surface area is 113 Å². The lowest BCUT2D eigenvalue weighted by molar-refractivity contribution is -0.120. The third kappa shape index (κ3) is 3.88. The van der Waals surface area contributed by atoms with Crippen molar-refractivity contribution in [2.45, 2.75) is 32.6 Å². The number of aryl methyl sites for hydroxylation is 1. The first-order valence-corrected chi connectivity index (χ1v) is 6.78. The van der Waals surface area contributed by atoms with Gasteiger partial charge in [0.05, 0.1) is 0 Å². The summed E-state index contributed by atoms with van der Waals surface area (Å²) in [4.78, 5) is 11.1. The Bertz CT molecular complexity index is 484. The van der Waals surface area contributed by atoms with E-state index in [4.69, 9.17) is 0 Å². The lowest BCUT2D eigenvalue weighted by Gasteiger charge is -2.16. The molecular weight excluding hydrogens is 239 g/mol. The van der Waals surface area contributed by atoms with Crippen molar-refractivity contribution in [1.82, 2.24) is 0 Å². The number of rotatable bonds is 3. The number of benzene rings is 1. The minimum atomic E-state index is -0.187. The van der Waals surface area contributed by atoms with Gasteiger partial charge in [0.15, 0.2) is 0 Å². The first-order chi connectivity index (χ1) is 9.16. The van der Waals surface area contributed by atoms with E-state index in [1.807, 2.05) is 25.1 Å². The molecule has 2 rings (SSSR count). The molecule has 1 aliphatic rings. The van der Waals surface area contributed by atoms with Crippen molar-refractivity contribution in [1.29, 1.82) is 0 Å². The average molecular weight is 258 g/mol. The molecule has 1 saturated carbocycles. The Morgan fingerprint density at radius 1 is 1.21 bits per heavy atom. The van der Waals surface area contributed by atoms with Crippen LogP contribution in [0.4, 0.5) is 4.39 Å². The molecule has 0 atom stereocenters. The molecule has 1 nitrogen and oxygen atoms in total. The van der Waals surface area contributed by atoms with Gasteiger partial charge in [0.25, 0.3) is 0 Å². The summed E-state index contributed by atoms with van der Waals surface area (Å²) in [5.74, 6) is 0.680. The highest BCUT2D eigenvalue weighted by molar-refractivity contribution is 5.79. The zero-order chi connectivity index (χ0) is 13.7. The maximum Gasteiger partial charge on any atom is 0.132 e. The van der Waals surface area contributed by atoms with E-state index in [0.717, 1.165) is 18.4 Å². The van der Waals surface area contributed by atoms with Gasteiger partial charge >= 0.3 is 0 Å². The quantitative estimate of drug-likeness (QED) is 0.731. The SMILES string of the molecule is Cc1cccc(F)c1/C=C\C=C\C1CCC(=O)CC1. The normalized spacial score (nSPS) is 17.7. The van der Waals surface area contributed by atoms with Gasteiger partial charge in [0, 0.05) is 18.4 Å². The van der Waals surface area contributed by atoms with Crippen LogP contribution in [0.3, 0.4) is 0 Å². The summed E-state index contributed by atoms with van der Waals surface area (Å²) in [6, 6.07) is 5.10. The van der Waals surface area contributed by atoms with Crippen molar-refractivity contribution in [2.75, 3.05) is 0 Å². The number of ketones is 1. The molecule has 0 aromatic heterocycles. The van der Waals surface area contributed by atoms with E-state index in [-0.39, 0.29) is 5.82 Å². The van der Waals surface area contributed by atoms with Gasteiger partial charge < -0.3 is 0 Å². The van der Waals surface area contributed by atoms with Crippen LogP contribution in [0, 0.1) is 18.7 Å². The highest BCUT2D eigenvalue weighted by Crippen LogP contribution is 2.22. The largest absolute Gasteiger partial charge is 0.300 e. The highest BCUT2D eigenvalue weighted by atomic mass is 19.1. The van der Waals surface area contributed by atoms with E-state index in [9.17, 15) is 9.18 Å². The van der Waals surface area contributed by atoms with Gasteiger partial charge in [-0.25, -0.2) is 4.39 Å². The smallest absolute Gasteiger partial charge is 0.132 e. The second-order valence-electron chi connectivity index (χ2n) is 5.09. The Balaban J connectivity index is 1.94. The van der Waals surface area contributed by atoms with Crippen molar-refractivity contribution in [3.8, 4) is 0 Å². The van der Waals surface area contributed by atoms with E-state index in [2.05, 4.69) is 6.08 Å². The highest BCUT2D eigenvalue weighted by Gasteiger charge is 2.15. The summed E-state index contributed by atoms with van der Waals surface area (Å²) in [6.45, 7) is 1.90. The fourth-order valence-electron chi connectivity index (χ4n) is 2.38. The van der Waals surface area contributed by atoms with Crippen LogP contribution in [-0.2, 0) is 4.79 Å². The van der Waals surface area contributed by atoms with E-state index >= 15 is 0 Å². The van der Waals surface area contributed by atoms with E-state index < -0.39 is 0 Å². The fraction of sp³-hybridized carbons (Fsp3) is 0.353. The molecule has 100 valence electrons. The maximum atomic E-state index is 13.6. The molecule has 0 radical (unpaired) electrons. The average Bonchev–Trinajstić information content (AvgIpc) is 2.39. The fourth-order valence-corrected chi connectivity index (χ4v) is 2.38. The van der Waals surface area contributed by atoms with Crippen LogP contribution in [0.15, 0.2) is 36.4 Å². The standard InChI is InChI=1S/C17H19FO/c1-13-5-4-8-17(18)16(13)7-3-2-6-14-9-11-15(19)12-10-14/h2-8,14H,9-12H2,1H3/b6-2+,7-3-. The minimum absolute atomic E-state index is 0.187. The lowest BCUT2D eigenvalue weighted by Crippen LogP contribution is -2.11. The molecule has 0 spiro atoms. The number of carbonyl (C=O) groups excluding carboxylic acids is 1. The Hall–Kier alpha value is -1.70. The predicted octanol–water partition coefficient (Wildman–Crippen LogP) is 4.46. The number of allylic oxidation sites excluding steroid dienone is 3. The summed E-state index contributed by atoms with van der Waals surface area (Å²) in [7, 11) is 0. The Kier molecular flexibility index (Phi) is 4.67. The van der Waals surface area contributed by atoms with E-state index in [1.165, 1.54) is 6.07 Å². The minimum Gasteiger partial charge on any atom is -0.300 e. The molecule has 0 N–H and O–H groups in total. The van der Waals surface area contributed by atoms with Crippen LogP contribution in [0.1, 0.15) is 36.8 Å². The molecule has 1 aromatic rings. The zero-order valence-corrected chi connectivity index (χ0v) is 11.2. The lowest BCUT2D eigenvalue weighted by atomic mass is 9.88. The zero-order valence-electron chi connectivity index (χ0n) is 11.2. The van der Waals surface area contributed by atoms with Crippen LogP contribution < -0.4 is 0 Å². The summed E-state index contributed by atoms with van der Waals surface area (Å²) in [5.41, 5.74) is 1.58. The van der Waals surface area contributed by atoms with Gasteiger partial charge in [-0.05, 0) is 37.3 Å². The van der Waals surface area contributed by atoms with Gasteiger partial charge in [0.2, 0.25) is 0 Å². The molecule has 0 heterocycles. The molecule has 0 unspecified atom stereocenters. The predicted molar refractivity (Wildman–Crippen MR) is 76.3 cm³/mol. The first-order valence-electron chi connectivity index (χ1n) is 6.78. The molecule has 2 heteroatoms. The van der Waals surface area contributed by atoms with Crippen LogP contribution in [0.25, 0.3) is 6.08 Å². The number of carbonyl (C=O) groups is 1. The number of hydrogen-bond acceptors (Lipinski definition) is 1. The van der Waals surface area contributed by atoms with Crippen molar-refractivity contribution in [3.05, 3.63) is 53.4 Å². The van der Waals surface area contributed by atoms with Crippen LogP contribution >= 0.6 is 0 Å². The summed E-state index contributed by atoms with van der Waals surface area (Å²) >= 11 is 0. The summed E-state index contributed by atoms with van der Waals surface area (Å²) in [5, 5.41) is 0. The molecule has 1 aromatic carbocycles. The van der Waals surface area contributed by atoms with E-state index in [1.54, 1.807) is 12.1 Å². The van der Waals surface area contributed by atoms with Gasteiger partial charge in [-0.15, -0.1) is 0 Å². The summed E-state index contributed by atoms with van der Waals surface area (Å²) < 4.78 is 13.6. The third-order valence-electron chi connectivity index (χ3n) is 3.62. The topological polar surface area (TPSA) is 17.1 Å². The molecule has 0 saturated heterocycles. The number of Topliss-reactive ketones (excluding diaryl/α,β-unsaturated/α-hetero) is 1. The van der Waals surface area contributed by atoms with Crippen molar-refractivity contribution in [2.24, 2.45) is 5.92 Å². The summed E-state index contributed by atoms with van der Waals surface area (Å²) in [6.07, 6.45) is 11.1. The van der Waals surface area contributed by atoms with Crippen LogP contribution in [0.2, 0.25) is 0 Å². The van der Waals surface area contributed by atoms with Gasteiger partial charge in [0.1, 0.15) is 11.6 Å².